The second-order valence-corrected chi connectivity index (χ2v) is 9.38. The Hall–Kier alpha value is -2.88. The van der Waals surface area contributed by atoms with Crippen molar-refractivity contribution < 1.29 is 14.3 Å². The summed E-state index contributed by atoms with van der Waals surface area (Å²) < 4.78 is 5.57. The van der Waals surface area contributed by atoms with Gasteiger partial charge in [0.1, 0.15) is 5.75 Å². The summed E-state index contributed by atoms with van der Waals surface area (Å²) >= 11 is 0. The first-order valence-electron chi connectivity index (χ1n) is 10.5. The van der Waals surface area contributed by atoms with Crippen LogP contribution >= 0.6 is 0 Å². The van der Waals surface area contributed by atoms with E-state index in [4.69, 9.17) is 4.74 Å². The molecule has 4 heteroatoms. The van der Waals surface area contributed by atoms with Crippen molar-refractivity contribution in [2.45, 2.75) is 52.9 Å². The minimum atomic E-state index is -0.269. The smallest absolute Gasteiger partial charge is 0.232 e. The molecule has 1 aliphatic carbocycles. The number of allylic oxidation sites excluding steroid dienone is 2. The third-order valence-corrected chi connectivity index (χ3v) is 6.12. The van der Waals surface area contributed by atoms with E-state index >= 15 is 0 Å². The molecule has 0 aromatic heterocycles. The molecule has 4 rings (SSSR count). The molecule has 156 valence electrons. The molecule has 1 unspecified atom stereocenters. The van der Waals surface area contributed by atoms with E-state index < -0.39 is 0 Å². The lowest BCUT2D eigenvalue weighted by Crippen LogP contribution is -2.43. The number of benzene rings is 2. The molecule has 0 saturated heterocycles. The Kier molecular flexibility index (Phi) is 5.05. The van der Waals surface area contributed by atoms with E-state index in [9.17, 15) is 9.59 Å². The first-order valence-corrected chi connectivity index (χ1v) is 10.5. The fourth-order valence-corrected chi connectivity index (χ4v) is 5.01. The van der Waals surface area contributed by atoms with Crippen LogP contribution in [0.25, 0.3) is 0 Å². The number of rotatable bonds is 3. The van der Waals surface area contributed by atoms with E-state index in [0.29, 0.717) is 12.8 Å². The van der Waals surface area contributed by atoms with E-state index in [1.165, 1.54) is 0 Å². The van der Waals surface area contributed by atoms with Gasteiger partial charge in [0.15, 0.2) is 5.78 Å². The van der Waals surface area contributed by atoms with Crippen LogP contribution in [0.1, 0.15) is 55.7 Å². The highest BCUT2D eigenvalue weighted by atomic mass is 16.5. The molecular formula is C26H29NO3. The quantitative estimate of drug-likeness (QED) is 0.682. The normalized spacial score (nSPS) is 21.0. The highest BCUT2D eigenvalue weighted by molar-refractivity contribution is 6.08. The first kappa shape index (κ1) is 20.4. The van der Waals surface area contributed by atoms with Gasteiger partial charge in [-0.3, -0.25) is 14.5 Å². The predicted molar refractivity (Wildman–Crippen MR) is 119 cm³/mol. The molecule has 1 aliphatic heterocycles. The van der Waals surface area contributed by atoms with Gasteiger partial charge in [-0.25, -0.2) is 0 Å². The fourth-order valence-electron chi connectivity index (χ4n) is 5.01. The van der Waals surface area contributed by atoms with Crippen molar-refractivity contribution in [3.8, 4) is 5.75 Å². The number of hydrogen-bond acceptors (Lipinski definition) is 3. The number of hydrogen-bond donors (Lipinski definition) is 0. The molecule has 0 bridgehead atoms. The SMILES string of the molecule is COc1ccccc1C1CC(=O)N(c2cc(C)cc(C)c2)C2=C1C(=O)CC(C)(C)C2. The van der Waals surface area contributed by atoms with Gasteiger partial charge in [0.05, 0.1) is 7.11 Å². The largest absolute Gasteiger partial charge is 0.496 e. The molecule has 2 aromatic rings. The second-order valence-electron chi connectivity index (χ2n) is 9.38. The number of carbonyl (C=O) groups excluding carboxylic acids is 2. The summed E-state index contributed by atoms with van der Waals surface area (Å²) in [5.74, 6) is 0.619. The summed E-state index contributed by atoms with van der Waals surface area (Å²) in [5.41, 5.74) is 5.42. The van der Waals surface area contributed by atoms with Gasteiger partial charge < -0.3 is 4.74 Å². The summed E-state index contributed by atoms with van der Waals surface area (Å²) in [7, 11) is 1.63. The zero-order chi connectivity index (χ0) is 21.6. The van der Waals surface area contributed by atoms with E-state index in [1.807, 2.05) is 50.2 Å². The molecule has 0 N–H and O–H groups in total. The van der Waals surface area contributed by atoms with Crippen LogP contribution < -0.4 is 9.64 Å². The first-order chi connectivity index (χ1) is 14.2. The highest BCUT2D eigenvalue weighted by Gasteiger charge is 2.45. The van der Waals surface area contributed by atoms with Crippen LogP contribution in [0.5, 0.6) is 5.75 Å². The van der Waals surface area contributed by atoms with Crippen LogP contribution in [-0.2, 0) is 9.59 Å². The van der Waals surface area contributed by atoms with Crippen molar-refractivity contribution in [1.29, 1.82) is 0 Å². The average molecular weight is 404 g/mol. The maximum atomic E-state index is 13.5. The Morgan fingerprint density at radius 3 is 2.33 bits per heavy atom. The van der Waals surface area contributed by atoms with Crippen molar-refractivity contribution in [1.82, 2.24) is 0 Å². The standard InChI is InChI=1S/C26H29NO3/c1-16-10-17(2)12-18(11-16)27-21-14-26(3,4)15-22(28)25(21)20(13-24(27)29)19-8-6-7-9-23(19)30-5/h6-12,20H,13-15H2,1-5H3. The molecular weight excluding hydrogens is 374 g/mol. The van der Waals surface area contributed by atoms with Crippen LogP contribution in [-0.4, -0.2) is 18.8 Å². The molecule has 1 atom stereocenters. The van der Waals surface area contributed by atoms with E-state index in [0.717, 1.165) is 39.4 Å². The Labute approximate surface area is 178 Å². The molecule has 1 heterocycles. The maximum absolute atomic E-state index is 13.5. The number of ketones is 1. The monoisotopic (exact) mass is 403 g/mol. The van der Waals surface area contributed by atoms with Gasteiger partial charge in [-0.05, 0) is 55.0 Å². The summed E-state index contributed by atoms with van der Waals surface area (Å²) in [4.78, 5) is 28.7. The number of Topliss-reactive ketones (excluding diaryl/α,β-unsaturated/α-hetero) is 1. The van der Waals surface area contributed by atoms with Crippen LogP contribution in [0.15, 0.2) is 53.7 Å². The number of anilines is 1. The zero-order valence-corrected chi connectivity index (χ0v) is 18.4. The number of methoxy groups -OCH3 is 1. The molecule has 2 aliphatic rings. The maximum Gasteiger partial charge on any atom is 0.232 e. The molecule has 2 aromatic carbocycles. The third kappa shape index (κ3) is 3.55. The van der Waals surface area contributed by atoms with Crippen molar-refractivity contribution >= 4 is 17.4 Å². The molecule has 0 radical (unpaired) electrons. The van der Waals surface area contributed by atoms with Crippen LogP contribution in [0.3, 0.4) is 0 Å². The number of aryl methyl sites for hydroxylation is 2. The molecule has 0 spiro atoms. The van der Waals surface area contributed by atoms with Gasteiger partial charge in [0.25, 0.3) is 0 Å². The van der Waals surface area contributed by atoms with E-state index in [1.54, 1.807) is 12.0 Å². The molecule has 4 nitrogen and oxygen atoms in total. The summed E-state index contributed by atoms with van der Waals surface area (Å²) in [5, 5.41) is 0. The van der Waals surface area contributed by atoms with Crippen LogP contribution in [0.2, 0.25) is 0 Å². The van der Waals surface area contributed by atoms with E-state index in [-0.39, 0.29) is 29.4 Å². The lowest BCUT2D eigenvalue weighted by molar-refractivity contribution is -0.121. The van der Waals surface area contributed by atoms with Crippen molar-refractivity contribution in [3.63, 3.8) is 0 Å². The Bertz CT molecular complexity index is 1040. The number of carbonyl (C=O) groups is 2. The Balaban J connectivity index is 1.94. The zero-order valence-electron chi connectivity index (χ0n) is 18.4. The van der Waals surface area contributed by atoms with Gasteiger partial charge in [-0.2, -0.15) is 0 Å². The number of ether oxygens (including phenoxy) is 1. The minimum Gasteiger partial charge on any atom is -0.496 e. The number of nitrogens with zero attached hydrogens (tertiary/aromatic N) is 1. The summed E-state index contributed by atoms with van der Waals surface area (Å²) in [6, 6.07) is 13.9. The minimum absolute atomic E-state index is 0.0279. The van der Waals surface area contributed by atoms with Crippen molar-refractivity contribution in [3.05, 3.63) is 70.4 Å². The van der Waals surface area contributed by atoms with Gasteiger partial charge in [0.2, 0.25) is 5.91 Å². The van der Waals surface area contributed by atoms with Crippen LogP contribution in [0, 0.1) is 19.3 Å². The fraction of sp³-hybridized carbons (Fsp3) is 0.385. The Morgan fingerprint density at radius 2 is 1.67 bits per heavy atom. The average Bonchev–Trinajstić information content (AvgIpc) is 2.65. The predicted octanol–water partition coefficient (Wildman–Crippen LogP) is 5.48. The molecule has 30 heavy (non-hydrogen) atoms. The van der Waals surface area contributed by atoms with Crippen LogP contribution in [0.4, 0.5) is 5.69 Å². The Morgan fingerprint density at radius 1 is 1.00 bits per heavy atom. The highest BCUT2D eigenvalue weighted by Crippen LogP contribution is 2.49. The van der Waals surface area contributed by atoms with Gasteiger partial charge in [0, 0.05) is 41.3 Å². The summed E-state index contributed by atoms with van der Waals surface area (Å²) in [6.45, 7) is 8.28. The second kappa shape index (κ2) is 7.42. The molecule has 1 amide bonds. The van der Waals surface area contributed by atoms with Crippen molar-refractivity contribution in [2.75, 3.05) is 12.0 Å². The lowest BCUT2D eigenvalue weighted by atomic mass is 9.69. The summed E-state index contributed by atoms with van der Waals surface area (Å²) in [6.07, 6.45) is 1.45. The van der Waals surface area contributed by atoms with Gasteiger partial charge >= 0.3 is 0 Å². The lowest BCUT2D eigenvalue weighted by Gasteiger charge is -2.43. The third-order valence-electron chi connectivity index (χ3n) is 6.12. The van der Waals surface area contributed by atoms with Gasteiger partial charge in [-0.15, -0.1) is 0 Å². The van der Waals surface area contributed by atoms with Crippen molar-refractivity contribution in [2.24, 2.45) is 5.41 Å². The topological polar surface area (TPSA) is 46.6 Å². The number of amides is 1. The molecule has 0 fully saturated rings. The van der Waals surface area contributed by atoms with E-state index in [2.05, 4.69) is 19.9 Å². The van der Waals surface area contributed by atoms with Gasteiger partial charge in [-0.1, -0.05) is 38.1 Å². The molecule has 0 saturated carbocycles. The number of para-hydroxylation sites is 1.